The highest BCUT2D eigenvalue weighted by Gasteiger charge is 2.28. The van der Waals surface area contributed by atoms with Crippen LogP contribution >= 0.6 is 7.82 Å². The maximum Gasteiger partial charge on any atom is 0.472 e. The van der Waals surface area contributed by atoms with E-state index in [4.69, 9.17) is 9.05 Å². The summed E-state index contributed by atoms with van der Waals surface area (Å²) in [5.41, 5.74) is 0. The Kier molecular flexibility index (Phi) is 56.9. The highest BCUT2D eigenvalue weighted by molar-refractivity contribution is 7.47. The van der Waals surface area contributed by atoms with Gasteiger partial charge in [-0.05, 0) is 44.9 Å². The van der Waals surface area contributed by atoms with Gasteiger partial charge in [-0.15, -0.1) is 0 Å². The third-order valence-corrected chi connectivity index (χ3v) is 16.4. The Hall–Kier alpha value is -1.02. The number of nitrogens with one attached hydrogen (secondary N) is 1. The summed E-state index contributed by atoms with van der Waals surface area (Å²) in [6, 6.07) is -0.847. The highest BCUT2D eigenvalue weighted by Crippen LogP contribution is 2.43. The van der Waals surface area contributed by atoms with E-state index < -0.39 is 20.0 Å². The molecule has 0 saturated heterocycles. The zero-order chi connectivity index (χ0) is 54.9. The van der Waals surface area contributed by atoms with E-state index in [2.05, 4.69) is 31.3 Å². The molecule has 0 bridgehead atoms. The quantitative estimate of drug-likeness (QED) is 0.0243. The monoisotopic (exact) mass is 1080 g/mol. The van der Waals surface area contributed by atoms with Gasteiger partial charge in [-0.1, -0.05) is 314 Å². The third-order valence-electron chi connectivity index (χ3n) is 15.4. The molecule has 0 aliphatic rings. The van der Waals surface area contributed by atoms with Crippen LogP contribution < -0.4 is 5.32 Å². The predicted octanol–water partition coefficient (Wildman–Crippen LogP) is 20.7. The molecule has 9 heteroatoms. The summed E-state index contributed by atoms with van der Waals surface area (Å²) in [6.07, 6.45) is 74.6. The molecule has 0 spiro atoms. The van der Waals surface area contributed by atoms with Crippen molar-refractivity contribution in [2.45, 2.75) is 353 Å². The molecule has 1 amide bonds. The lowest BCUT2D eigenvalue weighted by Crippen LogP contribution is -2.45. The van der Waals surface area contributed by atoms with Gasteiger partial charge in [-0.3, -0.25) is 13.8 Å². The fraction of sp³-hybridized carbons (Fsp3) is 0.924. The van der Waals surface area contributed by atoms with Crippen LogP contribution in [0.25, 0.3) is 0 Å². The standard InChI is InChI=1S/C66H131N2O6P/c1-6-8-10-12-14-16-18-20-22-24-26-28-29-30-31-32-33-34-35-36-37-38-40-41-43-45-47-49-51-53-55-57-59-65(69)64(63-74-75(71,72)73-62-61-68(3,4)5)67-66(70)60-58-56-54-52-50-48-46-44-42-39-27-25-23-21-19-17-15-13-11-9-7-2/h25,27,57,59,64-65,69H,6-24,26,28-56,58,60-63H2,1-5H3,(H-,67,70,71,72)/p+1/b27-25-,59-57+. The number of quaternary nitrogens is 1. The van der Waals surface area contributed by atoms with Gasteiger partial charge in [0, 0.05) is 6.42 Å². The number of allylic oxidation sites excluding steroid dienone is 3. The van der Waals surface area contributed by atoms with Crippen LogP contribution in [-0.2, 0) is 18.4 Å². The number of unbranched alkanes of at least 4 members (excludes halogenated alkanes) is 47. The van der Waals surface area contributed by atoms with Gasteiger partial charge in [0.1, 0.15) is 13.2 Å². The van der Waals surface area contributed by atoms with E-state index in [1.54, 1.807) is 6.08 Å². The van der Waals surface area contributed by atoms with E-state index in [9.17, 15) is 19.4 Å². The predicted molar refractivity (Wildman–Crippen MR) is 328 cm³/mol. The third kappa shape index (κ3) is 60.5. The van der Waals surface area contributed by atoms with E-state index in [0.717, 1.165) is 32.1 Å². The Bertz CT molecular complexity index is 1270. The van der Waals surface area contributed by atoms with Gasteiger partial charge < -0.3 is 19.8 Å². The second-order valence-corrected chi connectivity index (χ2v) is 25.7. The minimum atomic E-state index is -4.35. The highest BCUT2D eigenvalue weighted by atomic mass is 31.2. The van der Waals surface area contributed by atoms with Crippen molar-refractivity contribution in [1.82, 2.24) is 5.32 Å². The zero-order valence-corrected chi connectivity index (χ0v) is 52.0. The van der Waals surface area contributed by atoms with Gasteiger partial charge in [0.15, 0.2) is 0 Å². The molecule has 0 heterocycles. The fourth-order valence-electron chi connectivity index (χ4n) is 10.2. The number of aliphatic hydroxyl groups excluding tert-OH is 1. The zero-order valence-electron chi connectivity index (χ0n) is 51.1. The number of carbonyl (C=O) groups is 1. The van der Waals surface area contributed by atoms with Gasteiger partial charge in [0.25, 0.3) is 0 Å². The number of rotatable bonds is 62. The molecule has 3 N–H and O–H groups in total. The lowest BCUT2D eigenvalue weighted by atomic mass is 10.0. The molecule has 0 rings (SSSR count). The Morgan fingerprint density at radius 3 is 1.03 bits per heavy atom. The molecular formula is C66H132N2O6P+. The Labute approximate surface area is 468 Å². The largest absolute Gasteiger partial charge is 0.472 e. The summed E-state index contributed by atoms with van der Waals surface area (Å²) in [4.78, 5) is 23.4. The Morgan fingerprint density at radius 1 is 0.440 bits per heavy atom. The van der Waals surface area contributed by atoms with Crippen molar-refractivity contribution in [1.29, 1.82) is 0 Å². The molecule has 0 aromatic rings. The summed E-state index contributed by atoms with van der Waals surface area (Å²) in [5, 5.41) is 14.0. The maximum absolute atomic E-state index is 13.0. The summed E-state index contributed by atoms with van der Waals surface area (Å²) in [6.45, 7) is 4.87. The first kappa shape index (κ1) is 74.0. The molecular weight excluding hydrogens is 948 g/mol. The van der Waals surface area contributed by atoms with Crippen molar-refractivity contribution in [3.63, 3.8) is 0 Å². The summed E-state index contributed by atoms with van der Waals surface area (Å²) < 4.78 is 23.8. The molecule has 0 aromatic carbocycles. The molecule has 3 atom stereocenters. The van der Waals surface area contributed by atoms with Crippen molar-refractivity contribution in [2.75, 3.05) is 40.9 Å². The maximum atomic E-state index is 13.0. The first-order chi connectivity index (χ1) is 36.5. The second-order valence-electron chi connectivity index (χ2n) is 24.2. The van der Waals surface area contributed by atoms with Crippen molar-refractivity contribution in [3.05, 3.63) is 24.3 Å². The molecule has 75 heavy (non-hydrogen) atoms. The molecule has 0 aromatic heterocycles. The Morgan fingerprint density at radius 2 is 0.720 bits per heavy atom. The SMILES string of the molecule is CCCCCCCCCC/C=C\CCCCCCCCCCCC(=O)NC(COP(=O)(O)OCC[N+](C)(C)C)C(O)/C=C/CCCCCCCCCCCCCCCCCCCCCCCCCCCCCCCC. The summed E-state index contributed by atoms with van der Waals surface area (Å²) >= 11 is 0. The van der Waals surface area contributed by atoms with Crippen LogP contribution in [0.1, 0.15) is 341 Å². The van der Waals surface area contributed by atoms with Crippen LogP contribution in [-0.4, -0.2) is 73.4 Å². The molecule has 0 aliphatic carbocycles. The number of carbonyl (C=O) groups excluding carboxylic acids is 1. The summed E-state index contributed by atoms with van der Waals surface area (Å²) in [5.74, 6) is -0.173. The molecule has 3 unspecified atom stereocenters. The summed E-state index contributed by atoms with van der Waals surface area (Å²) in [7, 11) is 1.59. The van der Waals surface area contributed by atoms with Gasteiger partial charge in [-0.2, -0.15) is 0 Å². The van der Waals surface area contributed by atoms with Crippen LogP contribution in [0.4, 0.5) is 0 Å². The smallest absolute Gasteiger partial charge is 0.387 e. The molecule has 446 valence electrons. The lowest BCUT2D eigenvalue weighted by Gasteiger charge is -2.25. The minimum Gasteiger partial charge on any atom is -0.387 e. The van der Waals surface area contributed by atoms with Crippen LogP contribution in [0.3, 0.4) is 0 Å². The topological polar surface area (TPSA) is 105 Å². The lowest BCUT2D eigenvalue weighted by molar-refractivity contribution is -0.870. The molecule has 8 nitrogen and oxygen atoms in total. The molecule has 0 fully saturated rings. The van der Waals surface area contributed by atoms with Crippen molar-refractivity contribution in [2.24, 2.45) is 0 Å². The van der Waals surface area contributed by atoms with Crippen molar-refractivity contribution in [3.8, 4) is 0 Å². The van der Waals surface area contributed by atoms with Crippen LogP contribution in [0.2, 0.25) is 0 Å². The number of phosphoric ester groups is 1. The number of phosphoric acid groups is 1. The van der Waals surface area contributed by atoms with E-state index in [-0.39, 0.29) is 19.1 Å². The molecule has 0 saturated carbocycles. The van der Waals surface area contributed by atoms with Crippen molar-refractivity contribution < 1.29 is 32.9 Å². The van der Waals surface area contributed by atoms with E-state index in [1.807, 2.05) is 27.2 Å². The first-order valence-corrected chi connectivity index (χ1v) is 34.7. The number of likely N-dealkylation sites (N-methyl/N-ethyl adjacent to an activating group) is 1. The minimum absolute atomic E-state index is 0.0630. The second kappa shape index (κ2) is 57.7. The fourth-order valence-corrected chi connectivity index (χ4v) is 11.0. The number of aliphatic hydroxyl groups is 1. The van der Waals surface area contributed by atoms with E-state index in [1.165, 1.54) is 289 Å². The number of hydrogen-bond donors (Lipinski definition) is 3. The average Bonchev–Trinajstić information content (AvgIpc) is 3.37. The van der Waals surface area contributed by atoms with E-state index in [0.29, 0.717) is 17.4 Å². The van der Waals surface area contributed by atoms with Crippen molar-refractivity contribution >= 4 is 13.7 Å². The molecule has 0 aliphatic heterocycles. The van der Waals surface area contributed by atoms with Gasteiger partial charge in [-0.25, -0.2) is 4.57 Å². The van der Waals surface area contributed by atoms with E-state index >= 15 is 0 Å². The van der Waals surface area contributed by atoms with Crippen LogP contribution in [0, 0.1) is 0 Å². The normalized spacial score (nSPS) is 13.9. The number of nitrogens with zero attached hydrogens (tertiary/aromatic N) is 1. The first-order valence-electron chi connectivity index (χ1n) is 33.2. The van der Waals surface area contributed by atoms with Gasteiger partial charge in [0.2, 0.25) is 5.91 Å². The van der Waals surface area contributed by atoms with Crippen LogP contribution in [0.15, 0.2) is 24.3 Å². The number of hydrogen-bond acceptors (Lipinski definition) is 5. The van der Waals surface area contributed by atoms with Gasteiger partial charge >= 0.3 is 7.82 Å². The molecule has 0 radical (unpaired) electrons. The average molecular weight is 1080 g/mol. The number of amides is 1. The Balaban J connectivity index is 4.06. The van der Waals surface area contributed by atoms with Gasteiger partial charge in [0.05, 0.1) is 39.9 Å². The van der Waals surface area contributed by atoms with Crippen LogP contribution in [0.5, 0.6) is 0 Å².